The Kier molecular flexibility index (Phi) is 3.83. The second-order valence-corrected chi connectivity index (χ2v) is 5.42. The van der Waals surface area contributed by atoms with Crippen LogP contribution in [0.2, 0.25) is 5.02 Å². The second-order valence-electron chi connectivity index (χ2n) is 4.75. The van der Waals surface area contributed by atoms with Gasteiger partial charge in [0.1, 0.15) is 11.6 Å². The van der Waals surface area contributed by atoms with Crippen LogP contribution in [0.5, 0.6) is 0 Å². The van der Waals surface area contributed by atoms with E-state index in [4.69, 9.17) is 23.2 Å². The summed E-state index contributed by atoms with van der Waals surface area (Å²) in [7, 11) is 0. The molecule has 0 N–H and O–H groups in total. The Bertz CT molecular complexity index is 786. The summed E-state index contributed by atoms with van der Waals surface area (Å²) in [6, 6.07) is 6.74. The summed E-state index contributed by atoms with van der Waals surface area (Å²) < 4.78 is 15.6. The van der Waals surface area contributed by atoms with Crippen LogP contribution >= 0.6 is 23.2 Å². The van der Waals surface area contributed by atoms with Crippen molar-refractivity contribution in [2.45, 2.75) is 18.8 Å². The molecule has 3 aromatic rings. The Morgan fingerprint density at radius 1 is 1.38 bits per heavy atom. The minimum Gasteiger partial charge on any atom is -0.320 e. The third-order valence-electron chi connectivity index (χ3n) is 3.48. The second kappa shape index (κ2) is 5.62. The van der Waals surface area contributed by atoms with Crippen LogP contribution in [0.25, 0.3) is 11.0 Å². The van der Waals surface area contributed by atoms with Crippen LogP contribution in [0, 0.1) is 5.82 Å². The number of benzene rings is 1. The van der Waals surface area contributed by atoms with E-state index in [9.17, 15) is 4.39 Å². The van der Waals surface area contributed by atoms with Crippen LogP contribution in [0.15, 0.2) is 36.7 Å². The van der Waals surface area contributed by atoms with Gasteiger partial charge in [0.05, 0.1) is 28.0 Å². The quantitative estimate of drug-likeness (QED) is 0.661. The highest BCUT2D eigenvalue weighted by Crippen LogP contribution is 2.29. The number of pyridine rings is 1. The molecule has 0 aliphatic carbocycles. The summed E-state index contributed by atoms with van der Waals surface area (Å²) in [5.74, 6) is 0.423. The average molecular weight is 324 g/mol. The molecule has 0 radical (unpaired) electrons. The highest BCUT2D eigenvalue weighted by atomic mass is 35.5. The molecule has 0 aliphatic heterocycles. The number of fused-ring (bicyclic) bond motifs is 1. The highest BCUT2D eigenvalue weighted by Gasteiger charge is 2.18. The molecule has 0 bridgehead atoms. The number of nitrogens with zero attached hydrogens (tertiary/aromatic N) is 3. The van der Waals surface area contributed by atoms with Gasteiger partial charge in [-0.3, -0.25) is 4.98 Å². The van der Waals surface area contributed by atoms with Gasteiger partial charge in [0, 0.05) is 18.5 Å². The smallest absolute Gasteiger partial charge is 0.144 e. The van der Waals surface area contributed by atoms with Crippen molar-refractivity contribution in [2.24, 2.45) is 0 Å². The Hall–Kier alpha value is -1.65. The lowest BCUT2D eigenvalue weighted by atomic mass is 10.1. The van der Waals surface area contributed by atoms with Crippen molar-refractivity contribution in [3.05, 3.63) is 58.9 Å². The molecule has 6 heteroatoms. The van der Waals surface area contributed by atoms with Crippen molar-refractivity contribution in [1.82, 2.24) is 14.5 Å². The van der Waals surface area contributed by atoms with E-state index in [1.54, 1.807) is 18.5 Å². The van der Waals surface area contributed by atoms with Crippen LogP contribution in [0.4, 0.5) is 4.39 Å². The van der Waals surface area contributed by atoms with Gasteiger partial charge >= 0.3 is 0 Å². The first-order chi connectivity index (χ1) is 10.1. The van der Waals surface area contributed by atoms with E-state index >= 15 is 0 Å². The monoisotopic (exact) mass is 323 g/mol. The first kappa shape index (κ1) is 14.3. The van der Waals surface area contributed by atoms with E-state index in [0.717, 1.165) is 11.1 Å². The first-order valence-electron chi connectivity index (χ1n) is 6.43. The van der Waals surface area contributed by atoms with Gasteiger partial charge in [0.2, 0.25) is 0 Å². The molecule has 21 heavy (non-hydrogen) atoms. The van der Waals surface area contributed by atoms with Crippen molar-refractivity contribution in [2.75, 3.05) is 0 Å². The highest BCUT2D eigenvalue weighted by molar-refractivity contribution is 6.31. The summed E-state index contributed by atoms with van der Waals surface area (Å²) in [5, 5.41) is 0.0724. The standard InChI is InChI=1S/C15H12Cl2FN3/c1-9(10-3-2-4-19-8-10)21-14-5-11(17)12(18)6-13(14)20-15(21)7-16/h2-6,8-9H,7H2,1H3. The number of hydrogen-bond acceptors (Lipinski definition) is 2. The van der Waals surface area contributed by atoms with Crippen molar-refractivity contribution < 1.29 is 4.39 Å². The van der Waals surface area contributed by atoms with Gasteiger partial charge in [-0.1, -0.05) is 17.7 Å². The third-order valence-corrected chi connectivity index (χ3v) is 4.01. The SMILES string of the molecule is CC(c1cccnc1)n1c(CCl)nc2cc(F)c(Cl)cc21. The predicted octanol–water partition coefficient (Wildman–Crippen LogP) is 4.57. The van der Waals surface area contributed by atoms with E-state index in [1.165, 1.54) is 6.07 Å². The number of hydrogen-bond donors (Lipinski definition) is 0. The number of imidazole rings is 1. The number of aromatic nitrogens is 3. The van der Waals surface area contributed by atoms with Crippen molar-refractivity contribution >= 4 is 34.2 Å². The van der Waals surface area contributed by atoms with Gasteiger partial charge in [-0.2, -0.15) is 0 Å². The van der Waals surface area contributed by atoms with Gasteiger partial charge in [-0.05, 0) is 24.6 Å². The molecule has 0 aliphatic rings. The maximum absolute atomic E-state index is 13.6. The van der Waals surface area contributed by atoms with Crippen LogP contribution in [0.1, 0.15) is 24.4 Å². The van der Waals surface area contributed by atoms with Gasteiger partial charge < -0.3 is 4.57 Å². The molecule has 2 heterocycles. The van der Waals surface area contributed by atoms with Crippen LogP contribution < -0.4 is 0 Å². The van der Waals surface area contributed by atoms with E-state index in [2.05, 4.69) is 9.97 Å². The fraction of sp³-hybridized carbons (Fsp3) is 0.200. The lowest BCUT2D eigenvalue weighted by Crippen LogP contribution is -2.10. The maximum atomic E-state index is 13.6. The molecule has 0 amide bonds. The molecule has 0 saturated heterocycles. The van der Waals surface area contributed by atoms with E-state index in [-0.39, 0.29) is 16.9 Å². The number of alkyl halides is 1. The third kappa shape index (κ3) is 2.49. The minimum atomic E-state index is -0.482. The van der Waals surface area contributed by atoms with Crippen molar-refractivity contribution in [1.29, 1.82) is 0 Å². The first-order valence-corrected chi connectivity index (χ1v) is 7.35. The lowest BCUT2D eigenvalue weighted by molar-refractivity contribution is 0.625. The largest absolute Gasteiger partial charge is 0.320 e. The fourth-order valence-corrected chi connectivity index (χ4v) is 2.79. The van der Waals surface area contributed by atoms with Gasteiger partial charge in [0.25, 0.3) is 0 Å². The molecule has 3 nitrogen and oxygen atoms in total. The summed E-state index contributed by atoms with van der Waals surface area (Å²) >= 11 is 11.9. The summed E-state index contributed by atoms with van der Waals surface area (Å²) in [4.78, 5) is 8.52. The van der Waals surface area contributed by atoms with E-state index in [1.807, 2.05) is 23.6 Å². The molecule has 0 fully saturated rings. The van der Waals surface area contributed by atoms with E-state index in [0.29, 0.717) is 11.3 Å². The lowest BCUT2D eigenvalue weighted by Gasteiger charge is -2.17. The zero-order valence-electron chi connectivity index (χ0n) is 11.2. The number of rotatable bonds is 3. The van der Waals surface area contributed by atoms with Gasteiger partial charge in [-0.15, -0.1) is 11.6 Å². The van der Waals surface area contributed by atoms with Crippen LogP contribution in [-0.2, 0) is 5.88 Å². The van der Waals surface area contributed by atoms with Crippen molar-refractivity contribution in [3.8, 4) is 0 Å². The minimum absolute atomic E-state index is 0.0287. The molecular weight excluding hydrogens is 312 g/mol. The summed E-state index contributed by atoms with van der Waals surface area (Å²) in [6.07, 6.45) is 3.51. The summed E-state index contributed by atoms with van der Waals surface area (Å²) in [6.45, 7) is 2.02. The molecule has 1 unspecified atom stereocenters. The molecule has 2 aromatic heterocycles. The summed E-state index contributed by atoms with van der Waals surface area (Å²) in [5.41, 5.74) is 2.32. The van der Waals surface area contributed by atoms with Crippen molar-refractivity contribution in [3.63, 3.8) is 0 Å². The zero-order chi connectivity index (χ0) is 15.0. The predicted molar refractivity (Wildman–Crippen MR) is 82.3 cm³/mol. The molecule has 1 aromatic carbocycles. The van der Waals surface area contributed by atoms with Crippen LogP contribution in [-0.4, -0.2) is 14.5 Å². The molecule has 0 saturated carbocycles. The molecule has 108 valence electrons. The molecule has 0 spiro atoms. The zero-order valence-corrected chi connectivity index (χ0v) is 12.7. The maximum Gasteiger partial charge on any atom is 0.144 e. The van der Waals surface area contributed by atoms with Crippen LogP contribution in [0.3, 0.4) is 0 Å². The van der Waals surface area contributed by atoms with Gasteiger partial charge in [0.15, 0.2) is 0 Å². The fourth-order valence-electron chi connectivity index (χ4n) is 2.44. The average Bonchev–Trinajstić information content (AvgIpc) is 2.85. The topological polar surface area (TPSA) is 30.7 Å². The normalized spacial score (nSPS) is 12.8. The Labute approximate surface area is 131 Å². The molecule has 3 rings (SSSR count). The molecular formula is C15H12Cl2FN3. The van der Waals surface area contributed by atoms with Gasteiger partial charge in [-0.25, -0.2) is 9.37 Å². The molecule has 1 atom stereocenters. The number of halogens is 3. The van der Waals surface area contributed by atoms with E-state index < -0.39 is 5.82 Å². The Balaban J connectivity index is 2.23. The Morgan fingerprint density at radius 3 is 2.86 bits per heavy atom. The Morgan fingerprint density at radius 2 is 2.19 bits per heavy atom.